The molecule has 1 aliphatic heterocycles. The van der Waals surface area contributed by atoms with E-state index in [9.17, 15) is 5.26 Å². The van der Waals surface area contributed by atoms with Gasteiger partial charge in [0, 0.05) is 42.4 Å². The fourth-order valence-corrected chi connectivity index (χ4v) is 4.40. The van der Waals surface area contributed by atoms with Crippen molar-refractivity contribution in [2.24, 2.45) is 5.92 Å². The van der Waals surface area contributed by atoms with Crippen molar-refractivity contribution in [3.63, 3.8) is 0 Å². The summed E-state index contributed by atoms with van der Waals surface area (Å²) in [6.45, 7) is 1.51. The molecule has 0 radical (unpaired) electrons. The topological polar surface area (TPSA) is 138 Å². The van der Waals surface area contributed by atoms with Gasteiger partial charge in [0.2, 0.25) is 0 Å². The van der Waals surface area contributed by atoms with Gasteiger partial charge in [-0.2, -0.15) is 20.3 Å². The second-order valence-corrected chi connectivity index (χ2v) is 7.81. The van der Waals surface area contributed by atoms with Crippen LogP contribution in [0.4, 0.5) is 6.01 Å². The van der Waals surface area contributed by atoms with E-state index in [0.29, 0.717) is 23.7 Å². The smallest absolute Gasteiger partial charge is 0.299 e. The van der Waals surface area contributed by atoms with E-state index in [1.54, 1.807) is 12.4 Å². The van der Waals surface area contributed by atoms with Crippen LogP contribution in [0.3, 0.4) is 0 Å². The number of H-pyrrole nitrogens is 1. The Kier molecular flexibility index (Phi) is 4.28. The van der Waals surface area contributed by atoms with E-state index < -0.39 is 0 Å². The van der Waals surface area contributed by atoms with Gasteiger partial charge in [0.25, 0.3) is 11.7 Å². The normalized spacial score (nSPS) is 17.2. The molecule has 158 valence electrons. The van der Waals surface area contributed by atoms with Crippen LogP contribution in [-0.2, 0) is 0 Å². The summed E-state index contributed by atoms with van der Waals surface area (Å²) in [4.78, 5) is 26.5. The van der Waals surface area contributed by atoms with Crippen molar-refractivity contribution in [3.05, 3.63) is 43.5 Å². The van der Waals surface area contributed by atoms with Gasteiger partial charge in [0.05, 0.1) is 36.6 Å². The monoisotopic (exact) mass is 426 g/mol. The lowest BCUT2D eigenvalue weighted by molar-refractivity contribution is 0.331. The van der Waals surface area contributed by atoms with Gasteiger partial charge in [0.15, 0.2) is 0 Å². The van der Waals surface area contributed by atoms with Gasteiger partial charge in [-0.15, -0.1) is 0 Å². The molecule has 1 saturated heterocycles. The minimum absolute atomic E-state index is 0.0635. The van der Waals surface area contributed by atoms with Crippen LogP contribution in [0.1, 0.15) is 18.9 Å². The van der Waals surface area contributed by atoms with Crippen molar-refractivity contribution in [1.29, 1.82) is 5.26 Å². The van der Waals surface area contributed by atoms with Crippen LogP contribution in [0.5, 0.6) is 0 Å². The van der Waals surface area contributed by atoms with E-state index >= 15 is 0 Å². The second kappa shape index (κ2) is 7.42. The molecular weight excluding hydrogens is 408 g/mol. The number of fused-ring (bicyclic) bond motifs is 2. The molecule has 1 aliphatic rings. The van der Waals surface area contributed by atoms with E-state index in [0.717, 1.165) is 41.8 Å². The van der Waals surface area contributed by atoms with Crippen LogP contribution in [0.2, 0.25) is 0 Å². The first-order valence-corrected chi connectivity index (χ1v) is 10.3. The Morgan fingerprint density at radius 2 is 2.22 bits per heavy atom. The summed E-state index contributed by atoms with van der Waals surface area (Å²) < 4.78 is 7.69. The highest BCUT2D eigenvalue weighted by atomic mass is 16.4. The number of nitrogens with one attached hydrogen (secondary N) is 1. The molecule has 2 atom stereocenters. The molecule has 0 spiro atoms. The van der Waals surface area contributed by atoms with Gasteiger partial charge in [-0.1, -0.05) is 0 Å². The molecule has 0 bridgehead atoms. The summed E-state index contributed by atoms with van der Waals surface area (Å²) in [5.74, 6) is 0.223. The van der Waals surface area contributed by atoms with Crippen LogP contribution < -0.4 is 4.90 Å². The number of aromatic nitrogens is 8. The van der Waals surface area contributed by atoms with Gasteiger partial charge in [-0.25, -0.2) is 15.0 Å². The van der Waals surface area contributed by atoms with Gasteiger partial charge in [-0.05, 0) is 12.5 Å². The molecule has 11 heteroatoms. The molecule has 0 aliphatic carbocycles. The van der Waals surface area contributed by atoms with Crippen LogP contribution in [0, 0.1) is 17.2 Å². The molecule has 2 unspecified atom stereocenters. The summed E-state index contributed by atoms with van der Waals surface area (Å²) >= 11 is 0. The first-order chi connectivity index (χ1) is 15.8. The molecule has 1 N–H and O–H groups in total. The minimum atomic E-state index is -0.0635. The highest BCUT2D eigenvalue weighted by Crippen LogP contribution is 2.34. The third kappa shape index (κ3) is 3.04. The highest BCUT2D eigenvalue weighted by molar-refractivity contribution is 5.89. The largest absolute Gasteiger partial charge is 0.404 e. The lowest BCUT2D eigenvalue weighted by atomic mass is 9.96. The van der Waals surface area contributed by atoms with Crippen LogP contribution in [0.15, 0.2) is 47.9 Å². The van der Waals surface area contributed by atoms with Crippen molar-refractivity contribution in [1.82, 2.24) is 39.7 Å². The Morgan fingerprint density at radius 1 is 1.25 bits per heavy atom. The standard InChI is InChI=1S/C21H18N10O/c22-4-1-17(13-3-6-30(9-13)21-29-16-8-23-11-27-20(16)32-21)31-10-14(7-28-31)18-15-2-5-24-19(15)26-12-25-18/h2,5,7-8,10-13,17H,1,3,6,9H2,(H,24,25,26). The Balaban J connectivity index is 1.27. The van der Waals surface area contributed by atoms with Crippen LogP contribution in [0.25, 0.3) is 33.5 Å². The predicted octanol–water partition coefficient (Wildman–Crippen LogP) is 2.73. The van der Waals surface area contributed by atoms with Crippen molar-refractivity contribution >= 4 is 28.3 Å². The first kappa shape index (κ1) is 18.4. The maximum atomic E-state index is 9.50. The summed E-state index contributed by atoms with van der Waals surface area (Å²) in [5.41, 5.74) is 3.61. The lowest BCUT2D eigenvalue weighted by Crippen LogP contribution is -2.25. The Bertz CT molecular complexity index is 1410. The summed E-state index contributed by atoms with van der Waals surface area (Å²) in [5, 5.41) is 15.0. The molecule has 6 heterocycles. The molecule has 5 aromatic rings. The second-order valence-electron chi connectivity index (χ2n) is 7.81. The zero-order valence-corrected chi connectivity index (χ0v) is 17.0. The van der Waals surface area contributed by atoms with Gasteiger partial charge in [0.1, 0.15) is 23.8 Å². The maximum absolute atomic E-state index is 9.50. The number of nitriles is 1. The summed E-state index contributed by atoms with van der Waals surface area (Å²) in [7, 11) is 0. The van der Waals surface area contributed by atoms with Crippen molar-refractivity contribution < 1.29 is 4.42 Å². The molecule has 11 nitrogen and oxygen atoms in total. The van der Waals surface area contributed by atoms with Crippen molar-refractivity contribution in [2.45, 2.75) is 18.9 Å². The lowest BCUT2D eigenvalue weighted by Gasteiger charge is -2.22. The number of hydrogen-bond acceptors (Lipinski definition) is 9. The number of aromatic amines is 1. The number of rotatable bonds is 5. The third-order valence-corrected chi connectivity index (χ3v) is 5.97. The van der Waals surface area contributed by atoms with Crippen LogP contribution in [-0.4, -0.2) is 52.8 Å². The number of hydrogen-bond donors (Lipinski definition) is 1. The van der Waals surface area contributed by atoms with E-state index in [4.69, 9.17) is 4.42 Å². The first-order valence-electron chi connectivity index (χ1n) is 10.3. The van der Waals surface area contributed by atoms with Gasteiger partial charge in [-0.3, -0.25) is 4.68 Å². The fourth-order valence-electron chi connectivity index (χ4n) is 4.40. The molecule has 1 fully saturated rings. The van der Waals surface area contributed by atoms with Gasteiger partial charge >= 0.3 is 0 Å². The number of nitrogens with zero attached hydrogens (tertiary/aromatic N) is 9. The maximum Gasteiger partial charge on any atom is 0.299 e. The summed E-state index contributed by atoms with van der Waals surface area (Å²) in [6, 6.07) is 4.75. The molecule has 32 heavy (non-hydrogen) atoms. The average Bonchev–Trinajstić information content (AvgIpc) is 3.61. The van der Waals surface area contributed by atoms with E-state index in [2.05, 4.69) is 46.0 Å². The molecule has 6 rings (SSSR count). The number of oxazole rings is 1. The van der Waals surface area contributed by atoms with Crippen LogP contribution >= 0.6 is 0 Å². The Labute approximate surface area is 181 Å². The fraction of sp³-hybridized carbons (Fsp3) is 0.286. The SMILES string of the molecule is N#CCC(C1CCN(c2nc3cncnc3o2)C1)n1cc(-c2ncnc3[nH]ccc23)cn1. The van der Waals surface area contributed by atoms with E-state index in [-0.39, 0.29) is 12.0 Å². The molecular formula is C21H18N10O. The molecule has 0 aromatic carbocycles. The zero-order valence-electron chi connectivity index (χ0n) is 17.0. The van der Waals surface area contributed by atoms with Crippen molar-refractivity contribution in [2.75, 3.05) is 18.0 Å². The molecule has 0 saturated carbocycles. The third-order valence-electron chi connectivity index (χ3n) is 5.97. The zero-order chi connectivity index (χ0) is 21.5. The highest BCUT2D eigenvalue weighted by Gasteiger charge is 2.33. The van der Waals surface area contributed by atoms with Crippen molar-refractivity contribution in [3.8, 4) is 17.3 Å². The Hall–Kier alpha value is -4.33. The summed E-state index contributed by atoms with van der Waals surface area (Å²) in [6.07, 6.45) is 11.5. The average molecular weight is 426 g/mol. The van der Waals surface area contributed by atoms with E-state index in [1.165, 1.54) is 12.7 Å². The minimum Gasteiger partial charge on any atom is -0.404 e. The molecule has 0 amide bonds. The Morgan fingerprint density at radius 3 is 3.12 bits per heavy atom. The predicted molar refractivity (Wildman–Crippen MR) is 114 cm³/mol. The quantitative estimate of drug-likeness (QED) is 0.449. The van der Waals surface area contributed by atoms with Gasteiger partial charge < -0.3 is 14.3 Å². The number of anilines is 1. The van der Waals surface area contributed by atoms with E-state index in [1.807, 2.05) is 23.1 Å². The molecule has 5 aromatic heterocycles.